The first-order valence-electron chi connectivity index (χ1n) is 9.06. The van der Waals surface area contributed by atoms with Crippen LogP contribution >= 0.6 is 11.6 Å². The second-order valence-electron chi connectivity index (χ2n) is 6.56. The predicted octanol–water partition coefficient (Wildman–Crippen LogP) is 5.28. The molecule has 0 aliphatic carbocycles. The molecule has 3 aromatic rings. The highest BCUT2D eigenvalue weighted by molar-refractivity contribution is 6.32. The molecule has 0 aromatic heterocycles. The normalized spacial score (nSPS) is 12.8. The molecule has 0 heterocycles. The molecule has 0 spiro atoms. The van der Waals surface area contributed by atoms with Crippen LogP contribution in [0.4, 0.5) is 11.4 Å². The van der Waals surface area contributed by atoms with Crippen molar-refractivity contribution in [3.8, 4) is 0 Å². The molecule has 0 aliphatic rings. The van der Waals surface area contributed by atoms with Gasteiger partial charge in [0.15, 0.2) is 0 Å². The first kappa shape index (κ1) is 20.5. The minimum absolute atomic E-state index is 0.0171. The van der Waals surface area contributed by atoms with E-state index >= 15 is 0 Å². The van der Waals surface area contributed by atoms with E-state index in [0.717, 1.165) is 11.1 Å². The number of carbonyl (C=O) groups is 1. The van der Waals surface area contributed by atoms with Crippen molar-refractivity contribution in [2.24, 2.45) is 0 Å². The third kappa shape index (κ3) is 5.19. The molecule has 29 heavy (non-hydrogen) atoms. The molecule has 7 heteroatoms. The number of nitrogens with zero attached hydrogens (tertiary/aromatic N) is 1. The topological polar surface area (TPSA) is 84.3 Å². The number of halogens is 1. The first-order chi connectivity index (χ1) is 14.0. The number of amides is 1. The summed E-state index contributed by atoms with van der Waals surface area (Å²) in [7, 11) is 0. The van der Waals surface area contributed by atoms with E-state index in [9.17, 15) is 14.9 Å². The number of rotatable bonds is 7. The maximum absolute atomic E-state index is 13.1. The highest BCUT2D eigenvalue weighted by atomic mass is 35.5. The van der Waals surface area contributed by atoms with E-state index in [4.69, 9.17) is 11.6 Å². The Morgan fingerprint density at radius 1 is 0.966 bits per heavy atom. The molecule has 0 fully saturated rings. The summed E-state index contributed by atoms with van der Waals surface area (Å²) in [4.78, 5) is 23.6. The highest BCUT2D eigenvalue weighted by Gasteiger charge is 2.24. The van der Waals surface area contributed by atoms with Crippen LogP contribution in [0.25, 0.3) is 0 Å². The van der Waals surface area contributed by atoms with Gasteiger partial charge in [0.2, 0.25) is 5.91 Å². The fourth-order valence-corrected chi connectivity index (χ4v) is 3.19. The molecule has 0 radical (unpaired) electrons. The number of carbonyl (C=O) groups excluding carboxylic acids is 1. The van der Waals surface area contributed by atoms with Gasteiger partial charge in [-0.3, -0.25) is 20.2 Å². The third-order valence-corrected chi connectivity index (χ3v) is 4.84. The zero-order valence-electron chi connectivity index (χ0n) is 15.7. The minimum Gasteiger partial charge on any atom is -0.324 e. The number of nitrogens with one attached hydrogen (secondary N) is 2. The molecule has 0 saturated heterocycles. The zero-order chi connectivity index (χ0) is 20.8. The number of anilines is 1. The van der Waals surface area contributed by atoms with Gasteiger partial charge in [-0.25, -0.2) is 0 Å². The van der Waals surface area contributed by atoms with Crippen LogP contribution in [0.1, 0.15) is 30.1 Å². The molecular formula is C22H20ClN3O3. The van der Waals surface area contributed by atoms with Gasteiger partial charge in [-0.1, -0.05) is 72.3 Å². The van der Waals surface area contributed by atoms with Crippen molar-refractivity contribution in [3.05, 3.63) is 105 Å². The van der Waals surface area contributed by atoms with Crippen LogP contribution in [-0.4, -0.2) is 10.8 Å². The van der Waals surface area contributed by atoms with Crippen molar-refractivity contribution in [2.75, 3.05) is 5.32 Å². The molecule has 0 unspecified atom stereocenters. The molecule has 2 N–H and O–H groups in total. The van der Waals surface area contributed by atoms with Crippen molar-refractivity contribution in [1.29, 1.82) is 0 Å². The quantitative estimate of drug-likeness (QED) is 0.410. The lowest BCUT2D eigenvalue weighted by atomic mass is 10.0. The lowest BCUT2D eigenvalue weighted by Gasteiger charge is -2.23. The fraction of sp³-hybridized carbons (Fsp3) is 0.136. The van der Waals surface area contributed by atoms with E-state index in [1.165, 1.54) is 18.2 Å². The van der Waals surface area contributed by atoms with Crippen LogP contribution in [-0.2, 0) is 4.79 Å². The maximum atomic E-state index is 13.1. The van der Waals surface area contributed by atoms with Gasteiger partial charge in [-0.15, -0.1) is 0 Å². The Hall–Kier alpha value is -3.22. The Labute approximate surface area is 173 Å². The molecule has 3 aromatic carbocycles. The first-order valence-corrected chi connectivity index (χ1v) is 9.44. The van der Waals surface area contributed by atoms with Gasteiger partial charge in [0.25, 0.3) is 5.69 Å². The summed E-state index contributed by atoms with van der Waals surface area (Å²) in [6, 6.07) is 22.6. The van der Waals surface area contributed by atoms with Gasteiger partial charge < -0.3 is 5.32 Å². The number of hydrogen-bond acceptors (Lipinski definition) is 4. The SMILES string of the molecule is C[C@@H](N[C@@H](C(=O)Nc1ccc(Cl)c([N+](=O)[O-])c1)c1ccccc1)c1ccccc1. The van der Waals surface area contributed by atoms with E-state index in [2.05, 4.69) is 10.6 Å². The van der Waals surface area contributed by atoms with Crippen LogP contribution in [0.3, 0.4) is 0 Å². The summed E-state index contributed by atoms with van der Waals surface area (Å²) in [6.07, 6.45) is 0. The molecule has 0 saturated carbocycles. The maximum Gasteiger partial charge on any atom is 0.289 e. The van der Waals surface area contributed by atoms with E-state index in [0.29, 0.717) is 5.69 Å². The smallest absolute Gasteiger partial charge is 0.289 e. The Kier molecular flexibility index (Phi) is 6.59. The summed E-state index contributed by atoms with van der Waals surface area (Å²) >= 11 is 5.86. The second-order valence-corrected chi connectivity index (χ2v) is 6.96. The summed E-state index contributed by atoms with van der Waals surface area (Å²) in [5.74, 6) is -0.324. The minimum atomic E-state index is -0.652. The highest BCUT2D eigenvalue weighted by Crippen LogP contribution is 2.28. The summed E-state index contributed by atoms with van der Waals surface area (Å²) in [5, 5.41) is 17.2. The molecule has 1 amide bonds. The van der Waals surface area contributed by atoms with Gasteiger partial charge >= 0.3 is 0 Å². The van der Waals surface area contributed by atoms with Crippen LogP contribution in [0, 0.1) is 10.1 Å². The molecule has 3 rings (SSSR count). The van der Waals surface area contributed by atoms with Gasteiger partial charge in [-0.05, 0) is 30.2 Å². The third-order valence-electron chi connectivity index (χ3n) is 4.52. The predicted molar refractivity (Wildman–Crippen MR) is 114 cm³/mol. The molecule has 2 atom stereocenters. The standard InChI is InChI=1S/C22H20ClN3O3/c1-15(16-8-4-2-5-9-16)24-21(17-10-6-3-7-11-17)22(27)25-18-12-13-19(23)20(14-18)26(28)29/h2-15,21,24H,1H3,(H,25,27)/t15-,21-/m1/s1. The van der Waals surface area contributed by atoms with Crippen molar-refractivity contribution in [2.45, 2.75) is 19.0 Å². The molecule has 6 nitrogen and oxygen atoms in total. The average Bonchev–Trinajstić information content (AvgIpc) is 2.74. The summed E-state index contributed by atoms with van der Waals surface area (Å²) < 4.78 is 0. The molecular weight excluding hydrogens is 390 g/mol. The van der Waals surface area contributed by atoms with Gasteiger partial charge in [0, 0.05) is 17.8 Å². The number of nitro benzene ring substituents is 1. The second kappa shape index (κ2) is 9.32. The van der Waals surface area contributed by atoms with Crippen LogP contribution in [0.15, 0.2) is 78.9 Å². The van der Waals surface area contributed by atoms with E-state index < -0.39 is 11.0 Å². The molecule has 148 valence electrons. The number of hydrogen-bond donors (Lipinski definition) is 2. The number of nitro groups is 1. The zero-order valence-corrected chi connectivity index (χ0v) is 16.5. The Morgan fingerprint density at radius 3 is 2.14 bits per heavy atom. The van der Waals surface area contributed by atoms with Gasteiger partial charge in [0.1, 0.15) is 11.1 Å². The lowest BCUT2D eigenvalue weighted by molar-refractivity contribution is -0.384. The van der Waals surface area contributed by atoms with Crippen molar-refractivity contribution >= 4 is 28.9 Å². The Bertz CT molecular complexity index is 997. The van der Waals surface area contributed by atoms with E-state index in [1.807, 2.05) is 67.6 Å². The van der Waals surface area contributed by atoms with Crippen molar-refractivity contribution < 1.29 is 9.72 Å². The van der Waals surface area contributed by atoms with E-state index in [1.54, 1.807) is 0 Å². The Balaban J connectivity index is 1.85. The summed E-state index contributed by atoms with van der Waals surface area (Å²) in [6.45, 7) is 1.98. The summed E-state index contributed by atoms with van der Waals surface area (Å²) in [5.41, 5.74) is 1.88. The van der Waals surface area contributed by atoms with E-state index in [-0.39, 0.29) is 22.7 Å². The van der Waals surface area contributed by atoms with Crippen LogP contribution < -0.4 is 10.6 Å². The van der Waals surface area contributed by atoms with Gasteiger partial charge in [0.05, 0.1) is 4.92 Å². The monoisotopic (exact) mass is 409 g/mol. The van der Waals surface area contributed by atoms with Crippen LogP contribution in [0.5, 0.6) is 0 Å². The Morgan fingerprint density at radius 2 is 1.55 bits per heavy atom. The van der Waals surface area contributed by atoms with Crippen molar-refractivity contribution in [1.82, 2.24) is 5.32 Å². The van der Waals surface area contributed by atoms with Crippen molar-refractivity contribution in [3.63, 3.8) is 0 Å². The fourth-order valence-electron chi connectivity index (χ4n) is 3.00. The average molecular weight is 410 g/mol. The molecule has 0 bridgehead atoms. The van der Waals surface area contributed by atoms with Gasteiger partial charge in [-0.2, -0.15) is 0 Å². The van der Waals surface area contributed by atoms with Crippen LogP contribution in [0.2, 0.25) is 5.02 Å². The lowest BCUT2D eigenvalue weighted by Crippen LogP contribution is -2.34. The largest absolute Gasteiger partial charge is 0.324 e. The molecule has 0 aliphatic heterocycles. The number of benzene rings is 3.